The first kappa shape index (κ1) is 13.4. The monoisotopic (exact) mass is 268 g/mol. The molecule has 1 saturated heterocycles. The van der Waals surface area contributed by atoms with Crippen LogP contribution in [0.3, 0.4) is 0 Å². The molecule has 1 aliphatic rings. The van der Waals surface area contributed by atoms with Crippen molar-refractivity contribution < 1.29 is 4.79 Å². The molecule has 1 N–H and O–H groups in total. The number of hydrogen-bond donors (Lipinski definition) is 1. The minimum absolute atomic E-state index is 0.0634. The molecule has 0 aliphatic carbocycles. The van der Waals surface area contributed by atoms with E-state index in [0.717, 1.165) is 24.7 Å². The topological polar surface area (TPSA) is 61.9 Å². The largest absolute Gasteiger partial charge is 0.334 e. The van der Waals surface area contributed by atoms with E-state index >= 15 is 0 Å². The number of carbonyl (C=O) groups is 1. The second kappa shape index (κ2) is 4.91. The Bertz CT molecular complexity index is 441. The van der Waals surface area contributed by atoms with Gasteiger partial charge in [0.15, 0.2) is 0 Å². The average Bonchev–Trinajstić information content (AvgIpc) is 2.76. The van der Waals surface area contributed by atoms with Crippen molar-refractivity contribution >= 4 is 17.7 Å². The Kier molecular flexibility index (Phi) is 3.66. The second-order valence-corrected chi connectivity index (χ2v) is 7.34. The van der Waals surface area contributed by atoms with Gasteiger partial charge in [-0.3, -0.25) is 9.89 Å². The van der Waals surface area contributed by atoms with Gasteiger partial charge in [-0.05, 0) is 13.8 Å². The molecule has 0 aromatic carbocycles. The Morgan fingerprint density at radius 1 is 1.50 bits per heavy atom. The third-order valence-corrected chi connectivity index (χ3v) is 4.25. The molecule has 0 atom stereocenters. The molecule has 6 heteroatoms. The van der Waals surface area contributed by atoms with Crippen molar-refractivity contribution in [2.75, 3.05) is 18.8 Å². The normalized spacial score (nSPS) is 19.3. The number of hydrogen-bond acceptors (Lipinski definition) is 4. The van der Waals surface area contributed by atoms with Gasteiger partial charge in [0.25, 0.3) is 5.91 Å². The first-order valence-corrected chi connectivity index (χ1v) is 7.23. The molecule has 100 valence electrons. The lowest BCUT2D eigenvalue weighted by molar-refractivity contribution is 0.0736. The van der Waals surface area contributed by atoms with Crippen molar-refractivity contribution in [3.05, 3.63) is 11.6 Å². The molecule has 2 rings (SSSR count). The predicted molar refractivity (Wildman–Crippen MR) is 72.9 cm³/mol. The smallest absolute Gasteiger partial charge is 0.293 e. The molecule has 5 nitrogen and oxygen atoms in total. The number of nitrogens with one attached hydrogen (secondary N) is 1. The van der Waals surface area contributed by atoms with Crippen molar-refractivity contribution in [3.8, 4) is 0 Å². The van der Waals surface area contributed by atoms with Crippen LogP contribution in [0.4, 0.5) is 0 Å². The third kappa shape index (κ3) is 2.85. The van der Waals surface area contributed by atoms with Crippen LogP contribution >= 0.6 is 11.8 Å². The second-order valence-electron chi connectivity index (χ2n) is 5.53. The Morgan fingerprint density at radius 2 is 2.22 bits per heavy atom. The van der Waals surface area contributed by atoms with E-state index in [1.807, 2.05) is 30.5 Å². The van der Waals surface area contributed by atoms with Crippen LogP contribution in [0.1, 0.15) is 50.1 Å². The Balaban J connectivity index is 2.10. The minimum Gasteiger partial charge on any atom is -0.334 e. The van der Waals surface area contributed by atoms with Crippen molar-refractivity contribution in [1.29, 1.82) is 0 Å². The summed E-state index contributed by atoms with van der Waals surface area (Å²) in [7, 11) is 0. The van der Waals surface area contributed by atoms with Gasteiger partial charge >= 0.3 is 0 Å². The molecule has 0 bridgehead atoms. The molecule has 0 spiro atoms. The standard InChI is InChI=1S/C12H20N4OS/c1-8(2)9-13-10(15-14-9)11(17)16-5-6-18-12(3,4)7-16/h8H,5-7H2,1-4H3,(H,13,14,15). The summed E-state index contributed by atoms with van der Waals surface area (Å²) in [5.41, 5.74) is 0. The molecular formula is C12H20N4OS. The summed E-state index contributed by atoms with van der Waals surface area (Å²) in [5, 5.41) is 6.86. The molecule has 1 amide bonds. The highest BCUT2D eigenvalue weighted by molar-refractivity contribution is 8.00. The molecular weight excluding hydrogens is 248 g/mol. The number of nitrogens with zero attached hydrogens (tertiary/aromatic N) is 3. The van der Waals surface area contributed by atoms with Gasteiger partial charge in [-0.1, -0.05) is 13.8 Å². The maximum atomic E-state index is 12.3. The van der Waals surface area contributed by atoms with Crippen LogP contribution in [0.25, 0.3) is 0 Å². The summed E-state index contributed by atoms with van der Waals surface area (Å²) in [6.45, 7) is 9.90. The summed E-state index contributed by atoms with van der Waals surface area (Å²) in [5.74, 6) is 2.23. The number of H-pyrrole nitrogens is 1. The van der Waals surface area contributed by atoms with E-state index in [9.17, 15) is 4.79 Å². The predicted octanol–water partition coefficient (Wildman–Crippen LogP) is 1.90. The lowest BCUT2D eigenvalue weighted by Gasteiger charge is -2.36. The molecule has 0 unspecified atom stereocenters. The summed E-state index contributed by atoms with van der Waals surface area (Å²) in [6.07, 6.45) is 0. The first-order chi connectivity index (χ1) is 8.39. The number of aromatic nitrogens is 3. The highest BCUT2D eigenvalue weighted by Gasteiger charge is 2.31. The van der Waals surface area contributed by atoms with Gasteiger partial charge in [0, 0.05) is 29.5 Å². The van der Waals surface area contributed by atoms with Gasteiger partial charge in [-0.2, -0.15) is 11.8 Å². The zero-order valence-corrected chi connectivity index (χ0v) is 12.2. The molecule has 18 heavy (non-hydrogen) atoms. The maximum absolute atomic E-state index is 12.3. The number of aromatic amines is 1. The van der Waals surface area contributed by atoms with Crippen LogP contribution < -0.4 is 0 Å². The van der Waals surface area contributed by atoms with Crippen LogP contribution in [0, 0.1) is 0 Å². The number of carbonyl (C=O) groups excluding carboxylic acids is 1. The molecule has 1 fully saturated rings. The van der Waals surface area contributed by atoms with E-state index in [1.54, 1.807) is 0 Å². The van der Waals surface area contributed by atoms with E-state index in [-0.39, 0.29) is 16.6 Å². The summed E-state index contributed by atoms with van der Waals surface area (Å²) in [6, 6.07) is 0. The van der Waals surface area contributed by atoms with Gasteiger partial charge in [0.05, 0.1) is 0 Å². The molecule has 0 radical (unpaired) electrons. The lowest BCUT2D eigenvalue weighted by Crippen LogP contribution is -2.46. The summed E-state index contributed by atoms with van der Waals surface area (Å²) < 4.78 is 0.116. The van der Waals surface area contributed by atoms with E-state index in [0.29, 0.717) is 5.82 Å². The highest BCUT2D eigenvalue weighted by atomic mass is 32.2. The molecule has 2 heterocycles. The quantitative estimate of drug-likeness (QED) is 0.890. The van der Waals surface area contributed by atoms with Gasteiger partial charge in [-0.15, -0.1) is 5.10 Å². The van der Waals surface area contributed by atoms with Crippen LogP contribution in [0.2, 0.25) is 0 Å². The Hall–Kier alpha value is -1.04. The zero-order chi connectivity index (χ0) is 13.3. The van der Waals surface area contributed by atoms with Gasteiger partial charge in [-0.25, -0.2) is 4.98 Å². The van der Waals surface area contributed by atoms with Crippen molar-refractivity contribution in [3.63, 3.8) is 0 Å². The third-order valence-electron chi connectivity index (χ3n) is 2.95. The zero-order valence-electron chi connectivity index (χ0n) is 11.4. The van der Waals surface area contributed by atoms with Crippen LogP contribution in [-0.2, 0) is 0 Å². The van der Waals surface area contributed by atoms with E-state index in [2.05, 4.69) is 29.0 Å². The first-order valence-electron chi connectivity index (χ1n) is 6.24. The van der Waals surface area contributed by atoms with Crippen molar-refractivity contribution in [2.45, 2.75) is 38.4 Å². The highest BCUT2D eigenvalue weighted by Crippen LogP contribution is 2.29. The molecule has 1 aromatic rings. The number of rotatable bonds is 2. The fourth-order valence-electron chi connectivity index (χ4n) is 1.96. The minimum atomic E-state index is -0.0634. The number of thioether (sulfide) groups is 1. The van der Waals surface area contributed by atoms with E-state index < -0.39 is 0 Å². The van der Waals surface area contributed by atoms with Gasteiger partial charge in [0.1, 0.15) is 5.82 Å². The average molecular weight is 268 g/mol. The SMILES string of the molecule is CC(C)c1nc(C(=O)N2CCSC(C)(C)C2)n[nH]1. The fraction of sp³-hybridized carbons (Fsp3) is 0.750. The summed E-state index contributed by atoms with van der Waals surface area (Å²) in [4.78, 5) is 18.4. The molecule has 1 aromatic heterocycles. The Labute approximate surface area is 112 Å². The Morgan fingerprint density at radius 3 is 2.78 bits per heavy atom. The molecule has 0 saturated carbocycles. The number of amides is 1. The van der Waals surface area contributed by atoms with Crippen LogP contribution in [-0.4, -0.2) is 49.6 Å². The van der Waals surface area contributed by atoms with Gasteiger partial charge in [0.2, 0.25) is 5.82 Å². The van der Waals surface area contributed by atoms with E-state index in [1.165, 1.54) is 0 Å². The van der Waals surface area contributed by atoms with Crippen molar-refractivity contribution in [1.82, 2.24) is 20.1 Å². The lowest BCUT2D eigenvalue weighted by atomic mass is 10.2. The summed E-state index contributed by atoms with van der Waals surface area (Å²) >= 11 is 1.90. The fourth-order valence-corrected chi connectivity index (χ4v) is 3.07. The van der Waals surface area contributed by atoms with E-state index in [4.69, 9.17) is 0 Å². The molecule has 1 aliphatic heterocycles. The van der Waals surface area contributed by atoms with Crippen LogP contribution in [0.5, 0.6) is 0 Å². The van der Waals surface area contributed by atoms with Gasteiger partial charge < -0.3 is 4.90 Å². The van der Waals surface area contributed by atoms with Crippen molar-refractivity contribution in [2.24, 2.45) is 0 Å². The maximum Gasteiger partial charge on any atom is 0.293 e. The van der Waals surface area contributed by atoms with Crippen LogP contribution in [0.15, 0.2) is 0 Å².